The highest BCUT2D eigenvalue weighted by atomic mass is 32.1. The van der Waals surface area contributed by atoms with Gasteiger partial charge in [0, 0.05) is 18.0 Å². The lowest BCUT2D eigenvalue weighted by Gasteiger charge is -1.89. The van der Waals surface area contributed by atoms with Gasteiger partial charge in [0.2, 0.25) is 5.89 Å². The Labute approximate surface area is 71.7 Å². The Morgan fingerprint density at radius 3 is 2.67 bits per heavy atom. The van der Waals surface area contributed by atoms with Gasteiger partial charge in [0.25, 0.3) is 0 Å². The molecule has 0 aromatic carbocycles. The maximum absolute atomic E-state index is 10.6. The van der Waals surface area contributed by atoms with E-state index in [1.807, 2.05) is 0 Å². The molecule has 12 heavy (non-hydrogen) atoms. The molecule has 0 saturated heterocycles. The normalized spacial score (nSPS) is 10.0. The Bertz CT molecular complexity index is 420. The first-order valence-electron chi connectivity index (χ1n) is 3.23. The summed E-state index contributed by atoms with van der Waals surface area (Å²) in [7, 11) is 0. The van der Waals surface area contributed by atoms with Crippen molar-refractivity contribution in [3.63, 3.8) is 0 Å². The van der Waals surface area contributed by atoms with Crippen LogP contribution in [-0.4, -0.2) is 9.36 Å². The van der Waals surface area contributed by atoms with E-state index < -0.39 is 0 Å². The first kappa shape index (κ1) is 7.17. The molecule has 0 atom stereocenters. The van der Waals surface area contributed by atoms with Crippen LogP contribution in [0.25, 0.3) is 11.5 Å². The molecule has 0 N–H and O–H groups in total. The largest absolute Gasteiger partial charge is 0.414 e. The van der Waals surface area contributed by atoms with E-state index in [2.05, 4.69) is 9.36 Å². The van der Waals surface area contributed by atoms with E-state index in [4.69, 9.17) is 4.42 Å². The average Bonchev–Trinajstić information content (AvgIpc) is 2.54. The van der Waals surface area contributed by atoms with E-state index in [0.717, 1.165) is 17.1 Å². The Kier molecular flexibility index (Phi) is 1.71. The van der Waals surface area contributed by atoms with Crippen molar-refractivity contribution >= 4 is 11.5 Å². The highest BCUT2D eigenvalue weighted by Crippen LogP contribution is 2.13. The van der Waals surface area contributed by atoms with Crippen molar-refractivity contribution in [1.29, 1.82) is 0 Å². The number of hydrogen-bond acceptors (Lipinski definition) is 5. The average molecular weight is 180 g/mol. The van der Waals surface area contributed by atoms with Crippen LogP contribution in [0.15, 0.2) is 33.7 Å². The van der Waals surface area contributed by atoms with Gasteiger partial charge in [0.1, 0.15) is 0 Å². The molecule has 0 aliphatic rings. The van der Waals surface area contributed by atoms with Gasteiger partial charge in [0.05, 0.1) is 11.5 Å². The lowest BCUT2D eigenvalue weighted by molar-refractivity contribution is 0.543. The summed E-state index contributed by atoms with van der Waals surface area (Å²) in [5.41, 5.74) is 0.767. The molecule has 2 aromatic rings. The predicted octanol–water partition coefficient (Wildman–Crippen LogP) is 1.16. The molecule has 0 aliphatic carbocycles. The fraction of sp³-hybridized carbons (Fsp3) is 0. The quantitative estimate of drug-likeness (QED) is 0.660. The van der Waals surface area contributed by atoms with E-state index in [1.165, 1.54) is 0 Å². The van der Waals surface area contributed by atoms with E-state index in [0.29, 0.717) is 5.89 Å². The van der Waals surface area contributed by atoms with Gasteiger partial charge in [-0.3, -0.25) is 4.98 Å². The second-order valence-electron chi connectivity index (χ2n) is 2.08. The van der Waals surface area contributed by atoms with Crippen molar-refractivity contribution in [2.45, 2.75) is 0 Å². The fourth-order valence-electron chi connectivity index (χ4n) is 0.801. The summed E-state index contributed by atoms with van der Waals surface area (Å²) in [6.45, 7) is 0. The van der Waals surface area contributed by atoms with E-state index >= 15 is 0 Å². The van der Waals surface area contributed by atoms with E-state index in [-0.39, 0.29) is 4.94 Å². The molecule has 0 unspecified atom stereocenters. The van der Waals surface area contributed by atoms with Crippen LogP contribution in [0.1, 0.15) is 0 Å². The van der Waals surface area contributed by atoms with E-state index in [1.54, 1.807) is 24.5 Å². The van der Waals surface area contributed by atoms with Crippen LogP contribution in [0.4, 0.5) is 0 Å². The number of aromatic nitrogens is 2. The molecule has 0 radical (unpaired) electrons. The topological polar surface area (TPSA) is 56.0 Å². The number of rotatable bonds is 1. The summed E-state index contributed by atoms with van der Waals surface area (Å²) < 4.78 is 8.61. The molecule has 0 fully saturated rings. The zero-order valence-electron chi connectivity index (χ0n) is 5.93. The van der Waals surface area contributed by atoms with Gasteiger partial charge in [-0.2, -0.15) is 0 Å². The summed E-state index contributed by atoms with van der Waals surface area (Å²) >= 11 is 0.807. The first-order valence-corrected chi connectivity index (χ1v) is 4.01. The van der Waals surface area contributed by atoms with Crippen molar-refractivity contribution in [2.75, 3.05) is 0 Å². The second kappa shape index (κ2) is 2.86. The molecule has 5 heteroatoms. The second-order valence-corrected chi connectivity index (χ2v) is 2.77. The number of hydrogen-bond donors (Lipinski definition) is 0. The molecule has 2 heterocycles. The van der Waals surface area contributed by atoms with Crippen molar-refractivity contribution in [1.82, 2.24) is 9.36 Å². The lowest BCUT2D eigenvalue weighted by atomic mass is 10.3. The van der Waals surface area contributed by atoms with Crippen LogP contribution >= 0.6 is 11.5 Å². The Hall–Kier alpha value is -1.49. The molecule has 0 bridgehead atoms. The van der Waals surface area contributed by atoms with Gasteiger partial charge in [0.15, 0.2) is 0 Å². The minimum absolute atomic E-state index is 0.354. The Morgan fingerprint density at radius 1 is 1.33 bits per heavy atom. The van der Waals surface area contributed by atoms with Crippen LogP contribution in [0.3, 0.4) is 0 Å². The Balaban J connectivity index is 2.51. The third kappa shape index (κ3) is 1.26. The minimum atomic E-state index is -0.387. The third-order valence-corrected chi connectivity index (χ3v) is 1.80. The van der Waals surface area contributed by atoms with E-state index in [9.17, 15) is 4.79 Å². The van der Waals surface area contributed by atoms with Crippen LogP contribution in [0.2, 0.25) is 0 Å². The van der Waals surface area contributed by atoms with Gasteiger partial charge < -0.3 is 4.42 Å². The predicted molar refractivity (Wildman–Crippen MR) is 43.9 cm³/mol. The van der Waals surface area contributed by atoms with Crippen LogP contribution in [0, 0.1) is 0 Å². The van der Waals surface area contributed by atoms with Crippen LogP contribution < -0.4 is 4.94 Å². The molecule has 60 valence electrons. The van der Waals surface area contributed by atoms with Gasteiger partial charge >= 0.3 is 4.94 Å². The molecule has 4 nitrogen and oxygen atoms in total. The highest BCUT2D eigenvalue weighted by molar-refractivity contribution is 7.02. The van der Waals surface area contributed by atoms with Crippen molar-refractivity contribution in [3.05, 3.63) is 34.3 Å². The molecule has 0 saturated carbocycles. The standard InChI is InChI=1S/C7H4N2O2S/c10-7-11-6(9-12-7)5-1-3-8-4-2-5/h1-4H. The summed E-state index contributed by atoms with van der Waals surface area (Å²) in [6.07, 6.45) is 3.24. The fourth-order valence-corrected chi connectivity index (χ4v) is 1.22. The van der Waals surface area contributed by atoms with Gasteiger partial charge in [-0.25, -0.2) is 4.79 Å². The molecule has 0 amide bonds. The zero-order chi connectivity index (χ0) is 8.39. The van der Waals surface area contributed by atoms with Crippen LogP contribution in [0.5, 0.6) is 0 Å². The molecule has 2 rings (SSSR count). The SMILES string of the molecule is O=c1oc(-c2ccncc2)ns1. The first-order chi connectivity index (χ1) is 5.86. The molecular weight excluding hydrogens is 176 g/mol. The Morgan fingerprint density at radius 2 is 2.08 bits per heavy atom. The molecule has 2 aromatic heterocycles. The smallest absolute Gasteiger partial charge is 0.394 e. The zero-order valence-corrected chi connectivity index (χ0v) is 6.75. The molecular formula is C7H4N2O2S. The minimum Gasteiger partial charge on any atom is -0.394 e. The lowest BCUT2D eigenvalue weighted by Crippen LogP contribution is -1.82. The van der Waals surface area contributed by atoms with Crippen molar-refractivity contribution in [2.24, 2.45) is 0 Å². The summed E-state index contributed by atoms with van der Waals surface area (Å²) in [5.74, 6) is 0.354. The van der Waals surface area contributed by atoms with Crippen LogP contribution in [-0.2, 0) is 0 Å². The number of pyridine rings is 1. The van der Waals surface area contributed by atoms with Gasteiger partial charge in [-0.15, -0.1) is 4.37 Å². The maximum atomic E-state index is 10.6. The number of nitrogens with zero attached hydrogens (tertiary/aromatic N) is 2. The van der Waals surface area contributed by atoms with Gasteiger partial charge in [-0.1, -0.05) is 0 Å². The molecule has 0 aliphatic heterocycles. The van der Waals surface area contributed by atoms with Gasteiger partial charge in [-0.05, 0) is 12.1 Å². The summed E-state index contributed by atoms with van der Waals surface area (Å²) in [4.78, 5) is 14.1. The monoisotopic (exact) mass is 180 g/mol. The maximum Gasteiger partial charge on any atom is 0.414 e. The third-order valence-electron chi connectivity index (χ3n) is 1.31. The summed E-state index contributed by atoms with van der Waals surface area (Å²) in [6, 6.07) is 3.47. The highest BCUT2D eigenvalue weighted by Gasteiger charge is 2.03. The molecule has 0 spiro atoms. The van der Waals surface area contributed by atoms with Crippen molar-refractivity contribution < 1.29 is 4.42 Å². The van der Waals surface area contributed by atoms with Crippen molar-refractivity contribution in [3.8, 4) is 11.5 Å². The summed E-state index contributed by atoms with van der Waals surface area (Å²) in [5, 5.41) is 0.